The summed E-state index contributed by atoms with van der Waals surface area (Å²) in [6.45, 7) is 0.865. The molecular weight excluding hydrogens is 345 g/mol. The van der Waals surface area contributed by atoms with Gasteiger partial charge in [0.15, 0.2) is 5.82 Å². The first kappa shape index (κ1) is 15.2. The first-order valence-electron chi connectivity index (χ1n) is 7.48. The van der Waals surface area contributed by atoms with Crippen molar-refractivity contribution in [3.05, 3.63) is 64.3 Å². The summed E-state index contributed by atoms with van der Waals surface area (Å²) in [6, 6.07) is 13.6. The van der Waals surface area contributed by atoms with Crippen molar-refractivity contribution in [2.24, 2.45) is 0 Å². The molecule has 5 nitrogen and oxygen atoms in total. The second kappa shape index (κ2) is 6.26. The summed E-state index contributed by atoms with van der Waals surface area (Å²) in [4.78, 5) is 6.68. The van der Waals surface area contributed by atoms with Crippen LogP contribution in [0, 0.1) is 0 Å². The molecule has 0 spiro atoms. The third-order valence-electron chi connectivity index (χ3n) is 3.91. The number of hydrogen-bond donors (Lipinski definition) is 1. The first-order chi connectivity index (χ1) is 11.7. The van der Waals surface area contributed by atoms with E-state index in [2.05, 4.69) is 37.5 Å². The van der Waals surface area contributed by atoms with E-state index < -0.39 is 0 Å². The van der Waals surface area contributed by atoms with E-state index in [1.165, 1.54) is 5.56 Å². The van der Waals surface area contributed by atoms with Gasteiger partial charge in [0, 0.05) is 12.2 Å². The zero-order valence-electron chi connectivity index (χ0n) is 12.6. The maximum atomic E-state index is 6.18. The SMILES string of the molecule is Clc1cccc(Cl)c1Nc1nncc(N2CCc3ccccc32)n1. The Morgan fingerprint density at radius 2 is 1.79 bits per heavy atom. The fourth-order valence-corrected chi connectivity index (χ4v) is 3.28. The molecule has 0 atom stereocenters. The number of hydrogen-bond acceptors (Lipinski definition) is 5. The van der Waals surface area contributed by atoms with Crippen molar-refractivity contribution in [2.75, 3.05) is 16.8 Å². The summed E-state index contributed by atoms with van der Waals surface area (Å²) < 4.78 is 0. The van der Waals surface area contributed by atoms with Gasteiger partial charge < -0.3 is 10.2 Å². The third kappa shape index (κ3) is 2.77. The van der Waals surface area contributed by atoms with Crippen LogP contribution in [0.1, 0.15) is 5.56 Å². The minimum absolute atomic E-state index is 0.354. The van der Waals surface area contributed by atoms with Gasteiger partial charge in [-0.3, -0.25) is 0 Å². The van der Waals surface area contributed by atoms with E-state index in [-0.39, 0.29) is 0 Å². The largest absolute Gasteiger partial charge is 0.324 e. The van der Waals surface area contributed by atoms with Crippen molar-refractivity contribution in [3.63, 3.8) is 0 Å². The van der Waals surface area contributed by atoms with E-state index in [9.17, 15) is 0 Å². The maximum absolute atomic E-state index is 6.18. The lowest BCUT2D eigenvalue weighted by Gasteiger charge is -2.18. The molecular formula is C17H13Cl2N5. The normalized spacial score (nSPS) is 13.0. The van der Waals surface area contributed by atoms with Crippen LogP contribution in [0.4, 0.5) is 23.1 Å². The fourth-order valence-electron chi connectivity index (χ4n) is 2.78. The lowest BCUT2D eigenvalue weighted by atomic mass is 10.2. The van der Waals surface area contributed by atoms with Crippen LogP contribution in [-0.4, -0.2) is 21.7 Å². The number of halogens is 2. The van der Waals surface area contributed by atoms with Crippen molar-refractivity contribution in [1.29, 1.82) is 0 Å². The monoisotopic (exact) mass is 357 g/mol. The number of para-hydroxylation sites is 2. The zero-order valence-corrected chi connectivity index (χ0v) is 14.1. The van der Waals surface area contributed by atoms with E-state index in [1.807, 2.05) is 12.1 Å². The highest BCUT2D eigenvalue weighted by Crippen LogP contribution is 2.34. The molecule has 1 aliphatic rings. The third-order valence-corrected chi connectivity index (χ3v) is 4.54. The molecule has 4 rings (SSSR count). The predicted molar refractivity (Wildman–Crippen MR) is 96.7 cm³/mol. The summed E-state index contributed by atoms with van der Waals surface area (Å²) in [7, 11) is 0. The van der Waals surface area contributed by atoms with Gasteiger partial charge in [0.25, 0.3) is 0 Å². The van der Waals surface area contributed by atoms with E-state index >= 15 is 0 Å². The topological polar surface area (TPSA) is 53.9 Å². The van der Waals surface area contributed by atoms with Crippen molar-refractivity contribution < 1.29 is 0 Å². The number of fused-ring (bicyclic) bond motifs is 1. The molecule has 0 saturated carbocycles. The number of nitrogens with one attached hydrogen (secondary N) is 1. The van der Waals surface area contributed by atoms with Gasteiger partial charge in [-0.25, -0.2) is 0 Å². The van der Waals surface area contributed by atoms with Crippen LogP contribution in [0.5, 0.6) is 0 Å². The van der Waals surface area contributed by atoms with E-state index in [4.69, 9.17) is 23.2 Å². The Bertz CT molecular complexity index is 879. The van der Waals surface area contributed by atoms with Crippen LogP contribution >= 0.6 is 23.2 Å². The van der Waals surface area contributed by atoms with Crippen LogP contribution in [-0.2, 0) is 6.42 Å². The van der Waals surface area contributed by atoms with Gasteiger partial charge in [-0.15, -0.1) is 5.10 Å². The van der Waals surface area contributed by atoms with E-state index in [0.717, 1.165) is 24.5 Å². The molecule has 24 heavy (non-hydrogen) atoms. The average Bonchev–Trinajstić information content (AvgIpc) is 3.03. The second-order valence-electron chi connectivity index (χ2n) is 5.39. The Morgan fingerprint density at radius 1 is 1.00 bits per heavy atom. The van der Waals surface area contributed by atoms with Crippen molar-refractivity contribution >= 4 is 46.3 Å². The zero-order chi connectivity index (χ0) is 16.5. The molecule has 0 aliphatic carbocycles. The minimum Gasteiger partial charge on any atom is -0.324 e. The Labute approximate surface area is 149 Å². The smallest absolute Gasteiger partial charge is 0.249 e. The fraction of sp³-hybridized carbons (Fsp3) is 0.118. The average molecular weight is 358 g/mol. The molecule has 120 valence electrons. The number of anilines is 4. The summed E-state index contributed by atoms with van der Waals surface area (Å²) in [5.74, 6) is 1.09. The summed E-state index contributed by atoms with van der Waals surface area (Å²) in [6.07, 6.45) is 2.64. The molecule has 3 aromatic rings. The lowest BCUT2D eigenvalue weighted by Crippen LogP contribution is -2.16. The standard InChI is InChI=1S/C17H13Cl2N5/c18-12-5-3-6-13(19)16(12)22-17-21-15(10-20-23-17)24-9-8-11-4-1-2-7-14(11)24/h1-7,10H,8-9H2,(H,21,22,23). The highest BCUT2D eigenvalue weighted by molar-refractivity contribution is 6.39. The van der Waals surface area contributed by atoms with Gasteiger partial charge >= 0.3 is 0 Å². The minimum atomic E-state index is 0.354. The molecule has 0 radical (unpaired) electrons. The molecule has 1 aliphatic heterocycles. The van der Waals surface area contributed by atoms with Crippen LogP contribution in [0.2, 0.25) is 10.0 Å². The molecule has 1 N–H and O–H groups in total. The second-order valence-corrected chi connectivity index (χ2v) is 6.20. The van der Waals surface area contributed by atoms with E-state index in [1.54, 1.807) is 24.4 Å². The summed E-state index contributed by atoms with van der Waals surface area (Å²) >= 11 is 12.4. The van der Waals surface area contributed by atoms with Gasteiger partial charge in [-0.1, -0.05) is 47.5 Å². The predicted octanol–water partition coefficient (Wildman–Crippen LogP) is 4.62. The lowest BCUT2D eigenvalue weighted by molar-refractivity contribution is 0.920. The molecule has 0 saturated heterocycles. The number of aromatic nitrogens is 3. The van der Waals surface area contributed by atoms with Crippen LogP contribution in [0.3, 0.4) is 0 Å². The molecule has 7 heteroatoms. The van der Waals surface area contributed by atoms with Gasteiger partial charge in [0.05, 0.1) is 21.9 Å². The maximum Gasteiger partial charge on any atom is 0.249 e. The van der Waals surface area contributed by atoms with Gasteiger partial charge in [-0.2, -0.15) is 10.1 Å². The number of rotatable bonds is 3. The molecule has 2 aromatic carbocycles. The highest BCUT2D eigenvalue weighted by atomic mass is 35.5. The van der Waals surface area contributed by atoms with Gasteiger partial charge in [0.2, 0.25) is 5.95 Å². The molecule has 0 unspecified atom stereocenters. The first-order valence-corrected chi connectivity index (χ1v) is 8.24. The van der Waals surface area contributed by atoms with Gasteiger partial charge in [0.1, 0.15) is 0 Å². The number of nitrogens with zero attached hydrogens (tertiary/aromatic N) is 4. The quantitative estimate of drug-likeness (QED) is 0.741. The molecule has 2 heterocycles. The van der Waals surface area contributed by atoms with E-state index in [0.29, 0.717) is 21.7 Å². The van der Waals surface area contributed by atoms with Crippen LogP contribution in [0.25, 0.3) is 0 Å². The molecule has 0 bridgehead atoms. The molecule has 0 fully saturated rings. The Hall–Kier alpha value is -2.37. The Morgan fingerprint density at radius 3 is 2.62 bits per heavy atom. The Kier molecular flexibility index (Phi) is 3.96. The van der Waals surface area contributed by atoms with Crippen molar-refractivity contribution in [1.82, 2.24) is 15.2 Å². The Balaban J connectivity index is 1.66. The van der Waals surface area contributed by atoms with Crippen LogP contribution < -0.4 is 10.2 Å². The summed E-state index contributed by atoms with van der Waals surface area (Å²) in [5, 5.41) is 12.1. The highest BCUT2D eigenvalue weighted by Gasteiger charge is 2.21. The van der Waals surface area contributed by atoms with Crippen LogP contribution in [0.15, 0.2) is 48.7 Å². The van der Waals surface area contributed by atoms with Gasteiger partial charge in [-0.05, 0) is 30.2 Å². The molecule has 1 aromatic heterocycles. The number of benzene rings is 2. The molecule has 0 amide bonds. The summed E-state index contributed by atoms with van der Waals surface area (Å²) in [5.41, 5.74) is 3.03. The van der Waals surface area contributed by atoms with Crippen molar-refractivity contribution in [2.45, 2.75) is 6.42 Å². The van der Waals surface area contributed by atoms with Crippen molar-refractivity contribution in [3.8, 4) is 0 Å².